The summed E-state index contributed by atoms with van der Waals surface area (Å²) in [5.74, 6) is -1.72. The zero-order valence-electron chi connectivity index (χ0n) is 10.8. The topological polar surface area (TPSA) is 41.1 Å². The van der Waals surface area contributed by atoms with Gasteiger partial charge in [0.15, 0.2) is 0 Å². The minimum Gasteiger partial charge on any atom is -0.371 e. The Labute approximate surface area is 106 Å². The van der Waals surface area contributed by atoms with Crippen molar-refractivity contribution in [3.8, 4) is 0 Å². The highest BCUT2D eigenvalue weighted by Crippen LogP contribution is 2.17. The van der Waals surface area contributed by atoms with Gasteiger partial charge in [0.25, 0.3) is 0 Å². The van der Waals surface area contributed by atoms with Crippen LogP contribution in [0.1, 0.15) is 27.2 Å². The second-order valence-corrected chi connectivity index (χ2v) is 4.74. The Bertz CT molecular complexity index is 413. The molecule has 1 amide bonds. The van der Waals surface area contributed by atoms with Crippen molar-refractivity contribution in [2.24, 2.45) is 0 Å². The number of rotatable bonds is 5. The van der Waals surface area contributed by atoms with Gasteiger partial charge in [0.05, 0.1) is 6.54 Å². The maximum absolute atomic E-state index is 13.3. The monoisotopic (exact) mass is 256 g/mol. The zero-order chi connectivity index (χ0) is 13.8. The summed E-state index contributed by atoms with van der Waals surface area (Å²) in [5, 5.41) is 5.23. The summed E-state index contributed by atoms with van der Waals surface area (Å²) in [6, 6.07) is 3.55. The second kappa shape index (κ2) is 5.80. The lowest BCUT2D eigenvalue weighted by Gasteiger charge is -2.24. The molecule has 100 valence electrons. The third kappa shape index (κ3) is 3.98. The molecule has 2 N–H and O–H groups in total. The predicted molar refractivity (Wildman–Crippen MR) is 67.4 cm³/mol. The number of anilines is 1. The van der Waals surface area contributed by atoms with Crippen molar-refractivity contribution in [3.63, 3.8) is 0 Å². The number of carbonyl (C=O) groups is 1. The van der Waals surface area contributed by atoms with Crippen LogP contribution in [-0.2, 0) is 4.79 Å². The first-order valence-electron chi connectivity index (χ1n) is 5.84. The molecule has 0 aliphatic rings. The first kappa shape index (κ1) is 14.4. The van der Waals surface area contributed by atoms with E-state index in [4.69, 9.17) is 0 Å². The van der Waals surface area contributed by atoms with Crippen LogP contribution in [0.4, 0.5) is 14.5 Å². The average molecular weight is 256 g/mol. The number of benzene rings is 1. The summed E-state index contributed by atoms with van der Waals surface area (Å²) in [5.41, 5.74) is -0.603. The van der Waals surface area contributed by atoms with Gasteiger partial charge in [-0.25, -0.2) is 8.78 Å². The molecule has 0 radical (unpaired) electrons. The molecule has 0 atom stereocenters. The van der Waals surface area contributed by atoms with E-state index in [2.05, 4.69) is 10.6 Å². The molecular weight excluding hydrogens is 238 g/mol. The molecule has 0 saturated carbocycles. The molecule has 3 nitrogen and oxygen atoms in total. The molecule has 1 aromatic rings. The Kier molecular flexibility index (Phi) is 4.64. The first-order chi connectivity index (χ1) is 8.35. The first-order valence-corrected chi connectivity index (χ1v) is 5.84. The van der Waals surface area contributed by atoms with Crippen LogP contribution in [0.2, 0.25) is 0 Å². The molecule has 1 rings (SSSR count). The molecule has 0 aromatic heterocycles. The van der Waals surface area contributed by atoms with E-state index in [1.807, 2.05) is 20.8 Å². The maximum atomic E-state index is 13.3. The largest absolute Gasteiger partial charge is 0.371 e. The van der Waals surface area contributed by atoms with Crippen LogP contribution in [0, 0.1) is 11.6 Å². The quantitative estimate of drug-likeness (QED) is 0.850. The van der Waals surface area contributed by atoms with Crippen molar-refractivity contribution in [3.05, 3.63) is 29.8 Å². The maximum Gasteiger partial charge on any atom is 0.239 e. The lowest BCUT2D eigenvalue weighted by molar-refractivity contribution is -0.121. The molecule has 0 unspecified atom stereocenters. The molecule has 0 fully saturated rings. The summed E-state index contributed by atoms with van der Waals surface area (Å²) in [6.45, 7) is 5.55. The van der Waals surface area contributed by atoms with Crippen LogP contribution in [0.25, 0.3) is 0 Å². The number of nitrogens with one attached hydrogen (secondary N) is 2. The van der Waals surface area contributed by atoms with Gasteiger partial charge in [-0.1, -0.05) is 13.0 Å². The number of hydrogen-bond donors (Lipinski definition) is 2. The summed E-state index contributed by atoms with van der Waals surface area (Å²) in [7, 11) is 0. The van der Waals surface area contributed by atoms with Gasteiger partial charge in [-0.05, 0) is 32.4 Å². The zero-order valence-corrected chi connectivity index (χ0v) is 10.8. The fourth-order valence-corrected chi connectivity index (χ4v) is 1.35. The molecule has 0 aliphatic heterocycles. The molecule has 5 heteroatoms. The van der Waals surface area contributed by atoms with Gasteiger partial charge in [0.2, 0.25) is 5.91 Å². The Morgan fingerprint density at radius 1 is 1.28 bits per heavy atom. The Hall–Kier alpha value is -1.65. The number of carbonyl (C=O) groups excluding carboxylic acids is 1. The van der Waals surface area contributed by atoms with E-state index in [1.54, 1.807) is 0 Å². The van der Waals surface area contributed by atoms with E-state index in [-0.39, 0.29) is 23.7 Å². The number of para-hydroxylation sites is 1. The van der Waals surface area contributed by atoms with E-state index >= 15 is 0 Å². The summed E-state index contributed by atoms with van der Waals surface area (Å²) in [4.78, 5) is 11.6. The molecule has 18 heavy (non-hydrogen) atoms. The summed E-state index contributed by atoms with van der Waals surface area (Å²) >= 11 is 0. The minimum absolute atomic E-state index is 0.165. The van der Waals surface area contributed by atoms with E-state index in [9.17, 15) is 13.6 Å². The van der Waals surface area contributed by atoms with Crippen molar-refractivity contribution in [2.45, 2.75) is 32.7 Å². The van der Waals surface area contributed by atoms with Crippen LogP contribution in [0.15, 0.2) is 18.2 Å². The molecule has 1 aromatic carbocycles. The van der Waals surface area contributed by atoms with Crippen LogP contribution in [-0.4, -0.2) is 18.0 Å². The van der Waals surface area contributed by atoms with E-state index < -0.39 is 11.6 Å². The van der Waals surface area contributed by atoms with Crippen molar-refractivity contribution in [1.82, 2.24) is 5.32 Å². The molecular formula is C13H18F2N2O. The lowest BCUT2D eigenvalue weighted by atomic mass is 10.0. The second-order valence-electron chi connectivity index (χ2n) is 4.74. The van der Waals surface area contributed by atoms with Crippen LogP contribution in [0.3, 0.4) is 0 Å². The summed E-state index contributed by atoms with van der Waals surface area (Å²) in [6.07, 6.45) is 0.771. The number of halogens is 2. The van der Waals surface area contributed by atoms with Crippen LogP contribution < -0.4 is 10.6 Å². The number of amides is 1. The van der Waals surface area contributed by atoms with Crippen molar-refractivity contribution >= 4 is 11.6 Å². The fourth-order valence-electron chi connectivity index (χ4n) is 1.35. The number of hydrogen-bond acceptors (Lipinski definition) is 2. The van der Waals surface area contributed by atoms with Crippen molar-refractivity contribution in [1.29, 1.82) is 0 Å². The van der Waals surface area contributed by atoms with Crippen molar-refractivity contribution in [2.75, 3.05) is 11.9 Å². The van der Waals surface area contributed by atoms with Gasteiger partial charge in [0.1, 0.15) is 17.3 Å². The smallest absolute Gasteiger partial charge is 0.239 e. The Morgan fingerprint density at radius 2 is 1.83 bits per heavy atom. The average Bonchev–Trinajstić information content (AvgIpc) is 2.28. The highest BCUT2D eigenvalue weighted by Gasteiger charge is 2.18. The highest BCUT2D eigenvalue weighted by molar-refractivity contribution is 5.81. The Balaban J connectivity index is 2.58. The molecule has 0 spiro atoms. The fraction of sp³-hybridized carbons (Fsp3) is 0.462. The molecule has 0 heterocycles. The van der Waals surface area contributed by atoms with Gasteiger partial charge >= 0.3 is 0 Å². The van der Waals surface area contributed by atoms with Gasteiger partial charge in [-0.15, -0.1) is 0 Å². The third-order valence-corrected chi connectivity index (χ3v) is 2.75. The minimum atomic E-state index is -0.711. The van der Waals surface area contributed by atoms with E-state index in [1.165, 1.54) is 6.07 Å². The standard InChI is InChI=1S/C13H18F2N2O/c1-4-13(2,3)17-11(18)8-16-12-9(14)6-5-7-10(12)15/h5-7,16H,4,8H2,1-3H3,(H,17,18). The molecule has 0 bridgehead atoms. The van der Waals surface area contributed by atoms with Crippen molar-refractivity contribution < 1.29 is 13.6 Å². The van der Waals surface area contributed by atoms with E-state index in [0.29, 0.717) is 0 Å². The van der Waals surface area contributed by atoms with Gasteiger partial charge in [-0.2, -0.15) is 0 Å². The third-order valence-electron chi connectivity index (χ3n) is 2.75. The normalized spacial score (nSPS) is 11.2. The molecule has 0 aliphatic carbocycles. The lowest BCUT2D eigenvalue weighted by Crippen LogP contribution is -2.45. The van der Waals surface area contributed by atoms with E-state index in [0.717, 1.165) is 18.6 Å². The predicted octanol–water partition coefficient (Wildman–Crippen LogP) is 2.68. The van der Waals surface area contributed by atoms with Crippen LogP contribution >= 0.6 is 0 Å². The summed E-state index contributed by atoms with van der Waals surface area (Å²) < 4.78 is 26.5. The highest BCUT2D eigenvalue weighted by atomic mass is 19.1. The van der Waals surface area contributed by atoms with Gasteiger partial charge in [0, 0.05) is 5.54 Å². The molecule has 0 saturated heterocycles. The van der Waals surface area contributed by atoms with Crippen LogP contribution in [0.5, 0.6) is 0 Å². The SMILES string of the molecule is CCC(C)(C)NC(=O)CNc1c(F)cccc1F. The van der Waals surface area contributed by atoms with Gasteiger partial charge < -0.3 is 10.6 Å². The Morgan fingerprint density at radius 3 is 2.33 bits per heavy atom. The van der Waals surface area contributed by atoms with Gasteiger partial charge in [-0.3, -0.25) is 4.79 Å².